The molecule has 0 amide bonds. The highest BCUT2D eigenvalue weighted by Gasteiger charge is 2.12. The van der Waals surface area contributed by atoms with Gasteiger partial charge in [0.2, 0.25) is 0 Å². The summed E-state index contributed by atoms with van der Waals surface area (Å²) in [6, 6.07) is 0. The minimum atomic E-state index is -0.0266. The molecule has 0 unspecified atom stereocenters. The topological polar surface area (TPSA) is 69.7 Å². The standard InChI is InChI=1S/C45H86O5/c1-5-9-21-29-41(30-22-10-6-2)37-39-49-44(47)35-27-19-15-13-17-25-33-43(46)34-26-18-14-16-20-28-36-45(48)50-40-38-42(31-23-11-7-3)32-24-12-8-4/h41-42H,5-40H2,1-4H3. The van der Waals surface area contributed by atoms with Crippen LogP contribution in [0.3, 0.4) is 0 Å². The Balaban J connectivity index is 3.65. The number of ketones is 1. The lowest BCUT2D eigenvalue weighted by Gasteiger charge is -2.16. The Hall–Kier alpha value is -1.39. The number of Topliss-reactive ketones (excluding diaryl/α,β-unsaturated/α-hetero) is 1. The molecule has 0 rings (SSSR count). The Morgan fingerprint density at radius 2 is 0.620 bits per heavy atom. The maximum absolute atomic E-state index is 12.3. The number of carbonyl (C=O) groups is 3. The molecule has 0 aromatic carbocycles. The summed E-state index contributed by atoms with van der Waals surface area (Å²) in [6.45, 7) is 10.2. The van der Waals surface area contributed by atoms with E-state index in [4.69, 9.17) is 9.47 Å². The summed E-state index contributed by atoms with van der Waals surface area (Å²) in [7, 11) is 0. The first-order valence-electron chi connectivity index (χ1n) is 22.3. The minimum Gasteiger partial charge on any atom is -0.466 e. The van der Waals surface area contributed by atoms with Crippen molar-refractivity contribution in [1.82, 2.24) is 0 Å². The Labute approximate surface area is 312 Å². The predicted octanol–water partition coefficient (Wildman–Crippen LogP) is 14.2. The highest BCUT2D eigenvalue weighted by atomic mass is 16.5. The molecule has 0 saturated carbocycles. The van der Waals surface area contributed by atoms with Crippen LogP contribution in [0.15, 0.2) is 0 Å². The average Bonchev–Trinajstić information content (AvgIpc) is 3.10. The van der Waals surface area contributed by atoms with E-state index in [1.807, 2.05) is 0 Å². The largest absolute Gasteiger partial charge is 0.466 e. The number of hydrogen-bond acceptors (Lipinski definition) is 5. The number of ether oxygens (including phenoxy) is 2. The third-order valence-corrected chi connectivity index (χ3v) is 10.6. The van der Waals surface area contributed by atoms with Crippen LogP contribution in [0.25, 0.3) is 0 Å². The summed E-state index contributed by atoms with van der Waals surface area (Å²) in [5.74, 6) is 1.77. The van der Waals surface area contributed by atoms with Crippen molar-refractivity contribution < 1.29 is 23.9 Å². The number of carbonyl (C=O) groups excluding carboxylic acids is 3. The molecule has 50 heavy (non-hydrogen) atoms. The lowest BCUT2D eigenvalue weighted by molar-refractivity contribution is -0.145. The zero-order valence-electron chi connectivity index (χ0n) is 34.2. The van der Waals surface area contributed by atoms with E-state index in [0.29, 0.717) is 56.5 Å². The van der Waals surface area contributed by atoms with E-state index >= 15 is 0 Å². The molecule has 0 aliphatic carbocycles. The molecule has 0 atom stereocenters. The molecule has 0 radical (unpaired) electrons. The Morgan fingerprint density at radius 3 is 0.920 bits per heavy atom. The van der Waals surface area contributed by atoms with Crippen molar-refractivity contribution in [3.05, 3.63) is 0 Å². The molecule has 0 aliphatic rings. The second-order valence-corrected chi connectivity index (χ2v) is 15.5. The van der Waals surface area contributed by atoms with Crippen molar-refractivity contribution in [1.29, 1.82) is 0 Å². The van der Waals surface area contributed by atoms with Gasteiger partial charge in [0.05, 0.1) is 13.2 Å². The van der Waals surface area contributed by atoms with Crippen LogP contribution >= 0.6 is 0 Å². The molecule has 0 N–H and O–H groups in total. The van der Waals surface area contributed by atoms with Crippen molar-refractivity contribution in [3.8, 4) is 0 Å². The quantitative estimate of drug-likeness (QED) is 0.0468. The first-order valence-corrected chi connectivity index (χ1v) is 22.3. The second kappa shape index (κ2) is 38.8. The van der Waals surface area contributed by atoms with Gasteiger partial charge in [-0.05, 0) is 50.4 Å². The van der Waals surface area contributed by atoms with Crippen molar-refractivity contribution in [2.75, 3.05) is 13.2 Å². The molecule has 296 valence electrons. The van der Waals surface area contributed by atoms with Gasteiger partial charge in [-0.15, -0.1) is 0 Å². The zero-order chi connectivity index (χ0) is 36.8. The summed E-state index contributed by atoms with van der Waals surface area (Å²) in [6.07, 6.45) is 37.9. The van der Waals surface area contributed by atoms with Crippen LogP contribution < -0.4 is 0 Å². The van der Waals surface area contributed by atoms with Crippen LogP contribution in [0.2, 0.25) is 0 Å². The normalized spacial score (nSPS) is 11.5. The fourth-order valence-corrected chi connectivity index (χ4v) is 7.14. The Morgan fingerprint density at radius 1 is 0.340 bits per heavy atom. The van der Waals surface area contributed by atoms with Crippen LogP contribution in [0.4, 0.5) is 0 Å². The smallest absolute Gasteiger partial charge is 0.305 e. The molecular weight excluding hydrogens is 620 g/mol. The van der Waals surface area contributed by atoms with Gasteiger partial charge in [-0.2, -0.15) is 0 Å². The fraction of sp³-hybridized carbons (Fsp3) is 0.933. The van der Waals surface area contributed by atoms with E-state index in [1.54, 1.807) is 0 Å². The van der Waals surface area contributed by atoms with Crippen LogP contribution in [0, 0.1) is 11.8 Å². The molecule has 5 heteroatoms. The van der Waals surface area contributed by atoms with Crippen LogP contribution in [-0.4, -0.2) is 30.9 Å². The van der Waals surface area contributed by atoms with Gasteiger partial charge >= 0.3 is 11.9 Å². The Kier molecular flexibility index (Phi) is 37.8. The third kappa shape index (κ3) is 35.0. The van der Waals surface area contributed by atoms with Gasteiger partial charge in [0.25, 0.3) is 0 Å². The average molecular weight is 707 g/mol. The van der Waals surface area contributed by atoms with E-state index in [1.165, 1.54) is 103 Å². The van der Waals surface area contributed by atoms with Gasteiger partial charge in [0, 0.05) is 25.7 Å². The van der Waals surface area contributed by atoms with E-state index in [0.717, 1.165) is 89.9 Å². The van der Waals surface area contributed by atoms with Crippen molar-refractivity contribution in [2.45, 2.75) is 246 Å². The summed E-state index contributed by atoms with van der Waals surface area (Å²) in [5, 5.41) is 0. The van der Waals surface area contributed by atoms with E-state index in [9.17, 15) is 14.4 Å². The SMILES string of the molecule is CCCCCC(CCCCC)CCOC(=O)CCCCCCCCC(=O)CCCCCCCCC(=O)OCCC(CCCCC)CCCCC. The molecule has 5 nitrogen and oxygen atoms in total. The predicted molar refractivity (Wildman–Crippen MR) is 214 cm³/mol. The maximum atomic E-state index is 12.3. The number of esters is 2. The van der Waals surface area contributed by atoms with Gasteiger partial charge in [0.15, 0.2) is 0 Å². The summed E-state index contributed by atoms with van der Waals surface area (Å²) in [4.78, 5) is 36.6. The van der Waals surface area contributed by atoms with E-state index < -0.39 is 0 Å². The van der Waals surface area contributed by atoms with Crippen molar-refractivity contribution in [2.24, 2.45) is 11.8 Å². The molecule has 0 fully saturated rings. The van der Waals surface area contributed by atoms with Crippen LogP contribution in [0.5, 0.6) is 0 Å². The van der Waals surface area contributed by atoms with Gasteiger partial charge < -0.3 is 9.47 Å². The lowest BCUT2D eigenvalue weighted by Crippen LogP contribution is -2.10. The van der Waals surface area contributed by atoms with Gasteiger partial charge in [-0.25, -0.2) is 0 Å². The highest BCUT2D eigenvalue weighted by molar-refractivity contribution is 5.78. The second-order valence-electron chi connectivity index (χ2n) is 15.5. The number of hydrogen-bond donors (Lipinski definition) is 0. The summed E-state index contributed by atoms with van der Waals surface area (Å²) >= 11 is 0. The Bertz CT molecular complexity index is 670. The number of unbranched alkanes of at least 4 members (excludes halogenated alkanes) is 18. The maximum Gasteiger partial charge on any atom is 0.305 e. The number of rotatable bonds is 40. The molecule has 0 heterocycles. The van der Waals surface area contributed by atoms with Gasteiger partial charge in [-0.3, -0.25) is 14.4 Å². The first kappa shape index (κ1) is 48.6. The molecule has 0 aromatic rings. The van der Waals surface area contributed by atoms with Gasteiger partial charge in [-0.1, -0.05) is 182 Å². The minimum absolute atomic E-state index is 0.0266. The molecular formula is C45H86O5. The third-order valence-electron chi connectivity index (χ3n) is 10.6. The molecule has 0 saturated heterocycles. The fourth-order valence-electron chi connectivity index (χ4n) is 7.14. The highest BCUT2D eigenvalue weighted by Crippen LogP contribution is 2.23. The van der Waals surface area contributed by atoms with Crippen LogP contribution in [0.1, 0.15) is 246 Å². The van der Waals surface area contributed by atoms with E-state index in [2.05, 4.69) is 27.7 Å². The van der Waals surface area contributed by atoms with E-state index in [-0.39, 0.29) is 11.9 Å². The van der Waals surface area contributed by atoms with Crippen molar-refractivity contribution in [3.63, 3.8) is 0 Å². The lowest BCUT2D eigenvalue weighted by atomic mass is 9.92. The van der Waals surface area contributed by atoms with Crippen molar-refractivity contribution >= 4 is 17.7 Å². The molecule has 0 aliphatic heterocycles. The monoisotopic (exact) mass is 707 g/mol. The zero-order valence-corrected chi connectivity index (χ0v) is 34.2. The van der Waals surface area contributed by atoms with Gasteiger partial charge in [0.1, 0.15) is 5.78 Å². The first-order chi connectivity index (χ1) is 24.5. The summed E-state index contributed by atoms with van der Waals surface area (Å²) < 4.78 is 11.2. The molecule has 0 spiro atoms. The van der Waals surface area contributed by atoms with Crippen LogP contribution in [-0.2, 0) is 23.9 Å². The molecule has 0 bridgehead atoms. The summed E-state index contributed by atoms with van der Waals surface area (Å²) in [5.41, 5.74) is 0. The molecule has 0 aromatic heterocycles.